The second-order valence-electron chi connectivity index (χ2n) is 3.36. The van der Waals surface area contributed by atoms with E-state index in [0.29, 0.717) is 10.4 Å². The first kappa shape index (κ1) is 13.6. The van der Waals surface area contributed by atoms with Gasteiger partial charge in [-0.2, -0.15) is 4.98 Å². The summed E-state index contributed by atoms with van der Waals surface area (Å²) in [5.41, 5.74) is 0.409. The van der Waals surface area contributed by atoms with Crippen LogP contribution < -0.4 is 5.69 Å². The molecular formula is C13H12N2O2S2. The minimum atomic E-state index is -0.490. The van der Waals surface area contributed by atoms with Crippen molar-refractivity contribution in [3.8, 4) is 0 Å². The van der Waals surface area contributed by atoms with Gasteiger partial charge >= 0.3 is 5.69 Å². The average molecular weight is 292 g/mol. The summed E-state index contributed by atoms with van der Waals surface area (Å²) in [7, 11) is 0. The Bertz CT molecular complexity index is 741. The SMILES string of the molecule is CC.O=C(c1cccs1)c1nc(=O)[nH]c2ccsc12. The molecule has 0 unspecified atom stereocenters. The van der Waals surface area contributed by atoms with Crippen LogP contribution in [0.2, 0.25) is 0 Å². The summed E-state index contributed by atoms with van der Waals surface area (Å²) < 4.78 is 0.725. The molecule has 3 rings (SSSR count). The maximum absolute atomic E-state index is 12.2. The Kier molecular flexibility index (Phi) is 4.24. The lowest BCUT2D eigenvalue weighted by molar-refractivity contribution is 0.103. The Hall–Kier alpha value is -1.79. The van der Waals surface area contributed by atoms with Gasteiger partial charge < -0.3 is 4.98 Å². The lowest BCUT2D eigenvalue weighted by atomic mass is 10.2. The minimum Gasteiger partial charge on any atom is -0.305 e. The Morgan fingerprint density at radius 3 is 2.68 bits per heavy atom. The molecule has 0 aliphatic heterocycles. The number of carbonyl (C=O) groups is 1. The van der Waals surface area contributed by atoms with E-state index in [1.165, 1.54) is 22.7 Å². The van der Waals surface area contributed by atoms with Gasteiger partial charge in [0.2, 0.25) is 5.78 Å². The molecule has 0 saturated carbocycles. The largest absolute Gasteiger partial charge is 0.346 e. The molecule has 0 fully saturated rings. The van der Waals surface area contributed by atoms with Crippen molar-refractivity contribution in [3.05, 3.63) is 50.0 Å². The van der Waals surface area contributed by atoms with E-state index >= 15 is 0 Å². The molecule has 0 spiro atoms. The molecular weight excluding hydrogens is 280 g/mol. The van der Waals surface area contributed by atoms with Gasteiger partial charge in [-0.1, -0.05) is 19.9 Å². The highest BCUT2D eigenvalue weighted by Crippen LogP contribution is 2.23. The lowest BCUT2D eigenvalue weighted by Crippen LogP contribution is -2.15. The van der Waals surface area contributed by atoms with Crippen molar-refractivity contribution < 1.29 is 4.79 Å². The second-order valence-corrected chi connectivity index (χ2v) is 5.22. The highest BCUT2D eigenvalue weighted by atomic mass is 32.1. The molecule has 0 aliphatic rings. The summed E-state index contributed by atoms with van der Waals surface area (Å²) in [4.78, 5) is 30.5. The van der Waals surface area contributed by atoms with Gasteiger partial charge in [0.25, 0.3) is 0 Å². The van der Waals surface area contributed by atoms with E-state index in [0.717, 1.165) is 4.70 Å². The van der Waals surface area contributed by atoms with Gasteiger partial charge in [-0.25, -0.2) is 4.79 Å². The Morgan fingerprint density at radius 2 is 2.00 bits per heavy atom. The molecule has 0 radical (unpaired) electrons. The van der Waals surface area contributed by atoms with Crippen LogP contribution in [0.4, 0.5) is 0 Å². The maximum Gasteiger partial charge on any atom is 0.346 e. The minimum absolute atomic E-state index is 0.196. The molecule has 0 bridgehead atoms. The molecule has 0 aliphatic carbocycles. The molecule has 3 heterocycles. The van der Waals surface area contributed by atoms with Crippen LogP contribution >= 0.6 is 22.7 Å². The fourth-order valence-corrected chi connectivity index (χ4v) is 3.07. The van der Waals surface area contributed by atoms with Crippen LogP contribution in [0.1, 0.15) is 29.2 Å². The number of nitrogens with zero attached hydrogens (tertiary/aromatic N) is 1. The van der Waals surface area contributed by atoms with Gasteiger partial charge in [0, 0.05) is 0 Å². The van der Waals surface area contributed by atoms with E-state index in [1.807, 2.05) is 24.6 Å². The molecule has 19 heavy (non-hydrogen) atoms. The van der Waals surface area contributed by atoms with E-state index in [1.54, 1.807) is 18.2 Å². The first-order valence-electron chi connectivity index (χ1n) is 5.81. The zero-order valence-corrected chi connectivity index (χ0v) is 12.1. The number of fused-ring (bicyclic) bond motifs is 1. The van der Waals surface area contributed by atoms with Crippen LogP contribution in [-0.4, -0.2) is 15.8 Å². The highest BCUT2D eigenvalue weighted by Gasteiger charge is 2.17. The highest BCUT2D eigenvalue weighted by molar-refractivity contribution is 7.17. The lowest BCUT2D eigenvalue weighted by Gasteiger charge is -1.98. The molecule has 0 aromatic carbocycles. The average Bonchev–Trinajstić information content (AvgIpc) is 3.10. The maximum atomic E-state index is 12.2. The number of aromatic nitrogens is 2. The van der Waals surface area contributed by atoms with Gasteiger partial charge in [0.1, 0.15) is 5.69 Å². The molecule has 0 amide bonds. The molecule has 0 atom stereocenters. The summed E-state index contributed by atoms with van der Waals surface area (Å²) in [5.74, 6) is -0.196. The fourth-order valence-electron chi connectivity index (χ4n) is 1.56. The predicted octanol–water partition coefficient (Wildman–Crippen LogP) is 3.30. The van der Waals surface area contributed by atoms with Gasteiger partial charge in [0.15, 0.2) is 0 Å². The second kappa shape index (κ2) is 5.90. The number of H-pyrrole nitrogens is 1. The smallest absolute Gasteiger partial charge is 0.305 e. The van der Waals surface area contributed by atoms with Crippen molar-refractivity contribution in [2.75, 3.05) is 0 Å². The van der Waals surface area contributed by atoms with Crippen LogP contribution in [0.5, 0.6) is 0 Å². The van der Waals surface area contributed by atoms with E-state index in [9.17, 15) is 9.59 Å². The van der Waals surface area contributed by atoms with Crippen molar-refractivity contribution in [3.63, 3.8) is 0 Å². The van der Waals surface area contributed by atoms with E-state index in [-0.39, 0.29) is 11.5 Å². The van der Waals surface area contributed by atoms with Gasteiger partial charge in [-0.3, -0.25) is 4.79 Å². The molecule has 6 heteroatoms. The zero-order chi connectivity index (χ0) is 13.8. The summed E-state index contributed by atoms with van der Waals surface area (Å²) in [6, 6.07) is 5.31. The Labute approximate surface area is 117 Å². The number of hydrogen-bond donors (Lipinski definition) is 1. The van der Waals surface area contributed by atoms with Crippen LogP contribution in [0, 0.1) is 0 Å². The summed E-state index contributed by atoms with van der Waals surface area (Å²) in [5, 5.41) is 3.65. The van der Waals surface area contributed by atoms with Crippen LogP contribution in [0.15, 0.2) is 33.8 Å². The van der Waals surface area contributed by atoms with Crippen molar-refractivity contribution >= 4 is 38.7 Å². The number of rotatable bonds is 2. The van der Waals surface area contributed by atoms with Gasteiger partial charge in [-0.15, -0.1) is 22.7 Å². The number of carbonyl (C=O) groups excluding carboxylic acids is 1. The number of thiophene rings is 2. The molecule has 98 valence electrons. The normalized spacial score (nSPS) is 10.0. The Balaban J connectivity index is 0.000000637. The summed E-state index contributed by atoms with van der Waals surface area (Å²) in [6.07, 6.45) is 0. The van der Waals surface area contributed by atoms with Crippen molar-refractivity contribution in [2.24, 2.45) is 0 Å². The first-order valence-corrected chi connectivity index (χ1v) is 7.57. The van der Waals surface area contributed by atoms with Crippen molar-refractivity contribution in [1.29, 1.82) is 0 Å². The third-order valence-corrected chi connectivity index (χ3v) is 4.09. The molecule has 4 nitrogen and oxygen atoms in total. The number of nitrogens with one attached hydrogen (secondary N) is 1. The predicted molar refractivity (Wildman–Crippen MR) is 79.3 cm³/mol. The number of ketones is 1. The van der Waals surface area contributed by atoms with E-state index < -0.39 is 5.69 Å². The first-order chi connectivity index (χ1) is 9.25. The number of hydrogen-bond acceptors (Lipinski definition) is 5. The number of aromatic amines is 1. The van der Waals surface area contributed by atoms with Crippen LogP contribution in [0.3, 0.4) is 0 Å². The van der Waals surface area contributed by atoms with Crippen molar-refractivity contribution in [1.82, 2.24) is 9.97 Å². The molecule has 3 aromatic heterocycles. The van der Waals surface area contributed by atoms with Crippen molar-refractivity contribution in [2.45, 2.75) is 13.8 Å². The van der Waals surface area contributed by atoms with Crippen LogP contribution in [-0.2, 0) is 0 Å². The standard InChI is InChI=1S/C11H6N2O2S2.C2H6/c14-9(7-2-1-4-16-7)8-10-6(3-5-17-10)12-11(15)13-8;1-2/h1-5H,(H,12,13,15);1-2H3. The van der Waals surface area contributed by atoms with Gasteiger partial charge in [0.05, 0.1) is 15.1 Å². The van der Waals surface area contributed by atoms with Crippen LogP contribution in [0.25, 0.3) is 10.2 Å². The quantitative estimate of drug-likeness (QED) is 0.737. The molecule has 3 aromatic rings. The monoisotopic (exact) mass is 292 g/mol. The van der Waals surface area contributed by atoms with E-state index in [4.69, 9.17) is 0 Å². The van der Waals surface area contributed by atoms with Gasteiger partial charge in [-0.05, 0) is 22.9 Å². The molecule has 0 saturated heterocycles. The van der Waals surface area contributed by atoms with E-state index in [2.05, 4.69) is 9.97 Å². The summed E-state index contributed by atoms with van der Waals surface area (Å²) in [6.45, 7) is 4.00. The zero-order valence-electron chi connectivity index (χ0n) is 10.5. The molecule has 1 N–H and O–H groups in total. The summed E-state index contributed by atoms with van der Waals surface area (Å²) >= 11 is 2.75. The fraction of sp³-hybridized carbons (Fsp3) is 0.154. The third-order valence-electron chi connectivity index (χ3n) is 2.30. The Morgan fingerprint density at radius 1 is 1.21 bits per heavy atom. The third kappa shape index (κ3) is 2.64. The topological polar surface area (TPSA) is 62.8 Å².